The molecule has 3 aromatic carbocycles. The van der Waals surface area contributed by atoms with Crippen LogP contribution in [0.2, 0.25) is 5.02 Å². The van der Waals surface area contributed by atoms with Crippen LogP contribution in [0.25, 0.3) is 0 Å². The molecule has 1 heterocycles. The standard InChI is InChI=1S/C26H23ClFN3O2S/c27-20-8-6-18(7-9-20)14-15-30-23(16-24(32)29-22-12-10-21(28)11-13-22)25(33)31(26(30)34)17-19-4-2-1-3-5-19/h1-13,23H,14-17H2,(H,29,32)/t23-/m0/s1. The fourth-order valence-corrected chi connectivity index (χ4v) is 4.38. The maximum Gasteiger partial charge on any atom is 0.252 e. The number of thiocarbonyl (C=S) groups is 1. The molecule has 4 rings (SSSR count). The van der Waals surface area contributed by atoms with Crippen molar-refractivity contribution >= 4 is 46.4 Å². The highest BCUT2D eigenvalue weighted by atomic mass is 35.5. The molecule has 0 spiro atoms. The van der Waals surface area contributed by atoms with E-state index in [2.05, 4.69) is 5.32 Å². The lowest BCUT2D eigenvalue weighted by molar-refractivity contribution is -0.131. The maximum atomic E-state index is 13.4. The molecule has 174 valence electrons. The van der Waals surface area contributed by atoms with Crippen molar-refractivity contribution in [2.45, 2.75) is 25.4 Å². The minimum Gasteiger partial charge on any atom is -0.336 e. The van der Waals surface area contributed by atoms with E-state index in [4.69, 9.17) is 23.8 Å². The second kappa shape index (κ2) is 10.8. The van der Waals surface area contributed by atoms with Crippen LogP contribution < -0.4 is 5.32 Å². The van der Waals surface area contributed by atoms with Gasteiger partial charge in [0, 0.05) is 17.3 Å². The van der Waals surface area contributed by atoms with Crippen molar-refractivity contribution in [3.8, 4) is 0 Å². The van der Waals surface area contributed by atoms with Gasteiger partial charge in [-0.15, -0.1) is 0 Å². The molecule has 0 aromatic heterocycles. The number of anilines is 1. The summed E-state index contributed by atoms with van der Waals surface area (Å²) >= 11 is 11.7. The number of nitrogens with one attached hydrogen (secondary N) is 1. The predicted molar refractivity (Wildman–Crippen MR) is 135 cm³/mol. The van der Waals surface area contributed by atoms with Crippen LogP contribution in [0.3, 0.4) is 0 Å². The quantitative estimate of drug-likeness (QED) is 0.444. The molecule has 8 heteroatoms. The van der Waals surface area contributed by atoms with E-state index in [9.17, 15) is 14.0 Å². The largest absolute Gasteiger partial charge is 0.336 e. The number of nitrogens with zero attached hydrogens (tertiary/aromatic N) is 2. The first-order valence-corrected chi connectivity index (χ1v) is 11.6. The number of hydrogen-bond acceptors (Lipinski definition) is 3. The van der Waals surface area contributed by atoms with E-state index in [1.165, 1.54) is 24.3 Å². The van der Waals surface area contributed by atoms with Crippen molar-refractivity contribution in [3.63, 3.8) is 0 Å². The van der Waals surface area contributed by atoms with E-state index in [1.54, 1.807) is 4.90 Å². The van der Waals surface area contributed by atoms with Gasteiger partial charge in [0.15, 0.2) is 5.11 Å². The molecule has 1 aliphatic rings. The lowest BCUT2D eigenvalue weighted by Crippen LogP contribution is -2.39. The van der Waals surface area contributed by atoms with Crippen LogP contribution >= 0.6 is 23.8 Å². The first kappa shape index (κ1) is 23.9. The first-order valence-electron chi connectivity index (χ1n) is 10.9. The summed E-state index contributed by atoms with van der Waals surface area (Å²) in [6.07, 6.45) is 0.572. The predicted octanol–water partition coefficient (Wildman–Crippen LogP) is 5.05. The molecule has 0 unspecified atom stereocenters. The van der Waals surface area contributed by atoms with Crippen molar-refractivity contribution in [1.82, 2.24) is 9.80 Å². The summed E-state index contributed by atoms with van der Waals surface area (Å²) in [5, 5.41) is 3.79. The molecule has 2 amide bonds. The molecular formula is C26H23ClFN3O2S. The monoisotopic (exact) mass is 495 g/mol. The lowest BCUT2D eigenvalue weighted by atomic mass is 10.1. The second-order valence-corrected chi connectivity index (χ2v) is 8.84. The second-order valence-electron chi connectivity index (χ2n) is 8.04. The van der Waals surface area contributed by atoms with Gasteiger partial charge in [0.2, 0.25) is 5.91 Å². The molecule has 5 nitrogen and oxygen atoms in total. The van der Waals surface area contributed by atoms with Crippen molar-refractivity contribution in [2.24, 2.45) is 0 Å². The van der Waals surface area contributed by atoms with Gasteiger partial charge >= 0.3 is 0 Å². The molecule has 1 N–H and O–H groups in total. The van der Waals surface area contributed by atoms with E-state index in [1.807, 2.05) is 59.5 Å². The highest BCUT2D eigenvalue weighted by Crippen LogP contribution is 2.24. The smallest absolute Gasteiger partial charge is 0.252 e. The summed E-state index contributed by atoms with van der Waals surface area (Å²) in [4.78, 5) is 29.5. The molecule has 0 saturated carbocycles. The molecule has 1 fully saturated rings. The van der Waals surface area contributed by atoms with E-state index in [0.717, 1.165) is 11.1 Å². The number of carbonyl (C=O) groups excluding carboxylic acids is 2. The Labute approximate surface area is 208 Å². The molecule has 34 heavy (non-hydrogen) atoms. The molecule has 1 saturated heterocycles. The Balaban J connectivity index is 1.50. The van der Waals surface area contributed by atoms with Crippen LogP contribution in [0.1, 0.15) is 17.5 Å². The van der Waals surface area contributed by atoms with Gasteiger partial charge in [-0.1, -0.05) is 54.1 Å². The number of carbonyl (C=O) groups is 2. The SMILES string of the molecule is O=C(C[C@H]1C(=O)N(Cc2ccccc2)C(=S)N1CCc1ccc(Cl)cc1)Nc1ccc(F)cc1. The molecular weight excluding hydrogens is 473 g/mol. The minimum absolute atomic E-state index is 0.0672. The number of halogens is 2. The molecule has 3 aromatic rings. The average Bonchev–Trinajstić information content (AvgIpc) is 3.04. The summed E-state index contributed by atoms with van der Waals surface area (Å²) in [6, 6.07) is 21.9. The van der Waals surface area contributed by atoms with Gasteiger partial charge in [0.25, 0.3) is 5.91 Å². The number of hydrogen-bond donors (Lipinski definition) is 1. The van der Waals surface area contributed by atoms with E-state index in [0.29, 0.717) is 35.3 Å². The Kier molecular flexibility index (Phi) is 7.55. The molecule has 1 atom stereocenters. The normalized spacial score (nSPS) is 15.6. The van der Waals surface area contributed by atoms with E-state index in [-0.39, 0.29) is 24.1 Å². The van der Waals surface area contributed by atoms with Crippen LogP contribution in [0, 0.1) is 5.82 Å². The Morgan fingerprint density at radius 1 is 0.971 bits per heavy atom. The fraction of sp³-hybridized carbons (Fsp3) is 0.192. The highest BCUT2D eigenvalue weighted by Gasteiger charge is 2.43. The minimum atomic E-state index is -0.719. The van der Waals surface area contributed by atoms with Crippen LogP contribution in [0.15, 0.2) is 78.9 Å². The van der Waals surface area contributed by atoms with Crippen LogP contribution in [-0.2, 0) is 22.6 Å². The first-order chi connectivity index (χ1) is 16.4. The Bertz CT molecular complexity index is 1170. The zero-order valence-electron chi connectivity index (χ0n) is 18.3. The van der Waals surface area contributed by atoms with Crippen LogP contribution in [0.4, 0.5) is 10.1 Å². The molecule has 0 radical (unpaired) electrons. The van der Waals surface area contributed by atoms with Gasteiger partial charge in [0.1, 0.15) is 11.9 Å². The fourth-order valence-electron chi connectivity index (χ4n) is 3.88. The molecule has 0 aliphatic carbocycles. The van der Waals surface area contributed by atoms with Gasteiger partial charge in [-0.2, -0.15) is 0 Å². The van der Waals surface area contributed by atoms with Crippen molar-refractivity contribution in [1.29, 1.82) is 0 Å². The van der Waals surface area contributed by atoms with Gasteiger partial charge < -0.3 is 10.2 Å². The van der Waals surface area contributed by atoms with Gasteiger partial charge in [-0.3, -0.25) is 14.5 Å². The Morgan fingerprint density at radius 3 is 2.32 bits per heavy atom. The maximum absolute atomic E-state index is 13.4. The van der Waals surface area contributed by atoms with Gasteiger partial charge in [-0.05, 0) is 66.2 Å². The van der Waals surface area contributed by atoms with Crippen LogP contribution in [-0.4, -0.2) is 39.3 Å². The van der Waals surface area contributed by atoms with Gasteiger partial charge in [-0.25, -0.2) is 4.39 Å². The summed E-state index contributed by atoms with van der Waals surface area (Å²) < 4.78 is 13.2. The number of benzene rings is 3. The van der Waals surface area contributed by atoms with Gasteiger partial charge in [0.05, 0.1) is 13.0 Å². The van der Waals surface area contributed by atoms with Crippen molar-refractivity contribution in [2.75, 3.05) is 11.9 Å². The van der Waals surface area contributed by atoms with E-state index < -0.39 is 6.04 Å². The third-order valence-corrected chi connectivity index (χ3v) is 6.36. The number of amides is 2. The molecule has 0 bridgehead atoms. The van der Waals surface area contributed by atoms with E-state index >= 15 is 0 Å². The van der Waals surface area contributed by atoms with Crippen LogP contribution in [0.5, 0.6) is 0 Å². The number of rotatable bonds is 8. The zero-order valence-corrected chi connectivity index (χ0v) is 19.9. The Hall–Kier alpha value is -3.29. The summed E-state index contributed by atoms with van der Waals surface area (Å²) in [6.45, 7) is 0.817. The third-order valence-electron chi connectivity index (χ3n) is 5.65. The highest BCUT2D eigenvalue weighted by molar-refractivity contribution is 7.80. The summed E-state index contributed by atoms with van der Waals surface area (Å²) in [7, 11) is 0. The van der Waals surface area contributed by atoms with Crippen molar-refractivity contribution in [3.05, 3.63) is 101 Å². The Morgan fingerprint density at radius 2 is 1.65 bits per heavy atom. The zero-order chi connectivity index (χ0) is 24.1. The topological polar surface area (TPSA) is 52.7 Å². The lowest BCUT2D eigenvalue weighted by Gasteiger charge is -2.24. The summed E-state index contributed by atoms with van der Waals surface area (Å²) in [5.41, 5.74) is 2.47. The summed E-state index contributed by atoms with van der Waals surface area (Å²) in [5.74, 6) is -0.940. The molecule has 1 aliphatic heterocycles. The van der Waals surface area contributed by atoms with Crippen molar-refractivity contribution < 1.29 is 14.0 Å². The third kappa shape index (κ3) is 5.79. The average molecular weight is 496 g/mol.